The standard InChI is InChI=1S/C20H22N4O6/c1-26-14-6-11(7-15(27-2)18(14)28-3)13-8-21-19-17(24-13)16(9-22-19)30-20(25)23-12-4-5-29-10-12/h6-9,12H,4-5,10H2,1-3H3,(H,21,22)(H,23,25). The molecule has 1 amide bonds. The topological polar surface area (TPSA) is 117 Å². The monoisotopic (exact) mass is 414 g/mol. The fourth-order valence-electron chi connectivity index (χ4n) is 3.26. The third kappa shape index (κ3) is 3.81. The van der Waals surface area contributed by atoms with Gasteiger partial charge in [-0.1, -0.05) is 0 Å². The number of methoxy groups -OCH3 is 3. The van der Waals surface area contributed by atoms with Crippen molar-refractivity contribution in [2.45, 2.75) is 12.5 Å². The van der Waals surface area contributed by atoms with Crippen molar-refractivity contribution in [2.24, 2.45) is 0 Å². The number of carbonyl (C=O) groups is 1. The van der Waals surface area contributed by atoms with E-state index in [1.54, 1.807) is 38.7 Å². The maximum atomic E-state index is 12.2. The number of aromatic nitrogens is 3. The van der Waals surface area contributed by atoms with Gasteiger partial charge in [0.15, 0.2) is 28.4 Å². The summed E-state index contributed by atoms with van der Waals surface area (Å²) in [6, 6.07) is 3.50. The Bertz CT molecular complexity index is 1040. The Morgan fingerprint density at radius 1 is 1.17 bits per heavy atom. The number of ether oxygens (including phenoxy) is 5. The number of hydrogen-bond donors (Lipinski definition) is 2. The van der Waals surface area contributed by atoms with Gasteiger partial charge in [-0.3, -0.25) is 0 Å². The molecule has 2 aromatic heterocycles. The van der Waals surface area contributed by atoms with Gasteiger partial charge in [0, 0.05) is 18.4 Å². The Hall–Kier alpha value is -3.53. The van der Waals surface area contributed by atoms with E-state index in [1.807, 2.05) is 0 Å². The first kappa shape index (κ1) is 19.8. The second-order valence-electron chi connectivity index (χ2n) is 6.61. The zero-order chi connectivity index (χ0) is 21.1. The largest absolute Gasteiger partial charge is 0.493 e. The molecule has 0 radical (unpaired) electrons. The smallest absolute Gasteiger partial charge is 0.413 e. The molecule has 158 valence electrons. The third-order valence-corrected chi connectivity index (χ3v) is 4.76. The molecule has 4 rings (SSSR count). The number of carbonyl (C=O) groups excluding carboxylic acids is 1. The van der Waals surface area contributed by atoms with E-state index in [-0.39, 0.29) is 11.8 Å². The molecule has 3 heterocycles. The summed E-state index contributed by atoms with van der Waals surface area (Å²) in [5.74, 6) is 1.76. The summed E-state index contributed by atoms with van der Waals surface area (Å²) in [5, 5.41) is 2.78. The highest BCUT2D eigenvalue weighted by Gasteiger charge is 2.21. The molecule has 1 atom stereocenters. The summed E-state index contributed by atoms with van der Waals surface area (Å²) in [6.45, 7) is 1.11. The van der Waals surface area contributed by atoms with Crippen molar-refractivity contribution in [2.75, 3.05) is 34.5 Å². The molecule has 30 heavy (non-hydrogen) atoms. The van der Waals surface area contributed by atoms with Crippen LogP contribution in [0, 0.1) is 0 Å². The van der Waals surface area contributed by atoms with Crippen LogP contribution >= 0.6 is 0 Å². The van der Waals surface area contributed by atoms with E-state index in [2.05, 4.69) is 20.3 Å². The first-order chi connectivity index (χ1) is 14.6. The van der Waals surface area contributed by atoms with Gasteiger partial charge in [-0.2, -0.15) is 0 Å². The van der Waals surface area contributed by atoms with Gasteiger partial charge in [0.05, 0.1) is 45.9 Å². The molecule has 1 unspecified atom stereocenters. The van der Waals surface area contributed by atoms with Crippen LogP contribution in [-0.4, -0.2) is 61.6 Å². The second-order valence-corrected chi connectivity index (χ2v) is 6.61. The van der Waals surface area contributed by atoms with Crippen molar-refractivity contribution >= 4 is 17.3 Å². The van der Waals surface area contributed by atoms with E-state index in [1.165, 1.54) is 7.11 Å². The van der Waals surface area contributed by atoms with Crippen LogP contribution in [0.1, 0.15) is 6.42 Å². The normalized spacial score (nSPS) is 15.8. The molecule has 0 bridgehead atoms. The quantitative estimate of drug-likeness (QED) is 0.632. The molecular weight excluding hydrogens is 392 g/mol. The van der Waals surface area contributed by atoms with Gasteiger partial charge in [-0.25, -0.2) is 14.8 Å². The Morgan fingerprint density at radius 2 is 1.93 bits per heavy atom. The fraction of sp³-hybridized carbons (Fsp3) is 0.350. The Balaban J connectivity index is 1.65. The molecule has 1 aliphatic rings. The number of amides is 1. The average Bonchev–Trinajstić information content (AvgIpc) is 3.42. The maximum Gasteiger partial charge on any atom is 0.413 e. The van der Waals surface area contributed by atoms with Crippen molar-refractivity contribution in [3.63, 3.8) is 0 Å². The van der Waals surface area contributed by atoms with E-state index >= 15 is 0 Å². The second kappa shape index (κ2) is 8.46. The minimum absolute atomic E-state index is 0.0522. The molecule has 1 saturated heterocycles. The van der Waals surface area contributed by atoms with Gasteiger partial charge in [-0.15, -0.1) is 0 Å². The Kier molecular flexibility index (Phi) is 5.57. The van der Waals surface area contributed by atoms with Gasteiger partial charge in [0.25, 0.3) is 0 Å². The van der Waals surface area contributed by atoms with Gasteiger partial charge in [0.1, 0.15) is 0 Å². The molecule has 0 saturated carbocycles. The number of nitrogens with zero attached hydrogens (tertiary/aromatic N) is 2. The van der Waals surface area contributed by atoms with E-state index in [0.29, 0.717) is 52.9 Å². The first-order valence-corrected chi connectivity index (χ1v) is 9.33. The van der Waals surface area contributed by atoms with Crippen molar-refractivity contribution in [3.05, 3.63) is 24.5 Å². The summed E-state index contributed by atoms with van der Waals surface area (Å²) in [5.41, 5.74) is 2.19. The third-order valence-electron chi connectivity index (χ3n) is 4.76. The number of hydrogen-bond acceptors (Lipinski definition) is 8. The van der Waals surface area contributed by atoms with Crippen molar-refractivity contribution < 1.29 is 28.5 Å². The van der Waals surface area contributed by atoms with E-state index < -0.39 is 6.09 Å². The van der Waals surface area contributed by atoms with Gasteiger partial charge >= 0.3 is 6.09 Å². The van der Waals surface area contributed by atoms with Crippen LogP contribution in [0.3, 0.4) is 0 Å². The molecular formula is C20H22N4O6. The van der Waals surface area contributed by atoms with Crippen LogP contribution in [0.4, 0.5) is 4.79 Å². The van der Waals surface area contributed by atoms with Crippen LogP contribution in [0.5, 0.6) is 23.0 Å². The van der Waals surface area contributed by atoms with Crippen molar-refractivity contribution in [1.82, 2.24) is 20.3 Å². The van der Waals surface area contributed by atoms with Crippen LogP contribution in [0.2, 0.25) is 0 Å². The minimum atomic E-state index is -0.564. The summed E-state index contributed by atoms with van der Waals surface area (Å²) in [7, 11) is 4.63. The fourth-order valence-corrected chi connectivity index (χ4v) is 3.26. The zero-order valence-electron chi connectivity index (χ0n) is 16.9. The van der Waals surface area contributed by atoms with Crippen molar-refractivity contribution in [1.29, 1.82) is 0 Å². The lowest BCUT2D eigenvalue weighted by Crippen LogP contribution is -2.37. The van der Waals surface area contributed by atoms with E-state index in [0.717, 1.165) is 6.42 Å². The summed E-state index contributed by atoms with van der Waals surface area (Å²) >= 11 is 0. The Labute approximate surface area is 172 Å². The van der Waals surface area contributed by atoms with Gasteiger partial charge < -0.3 is 34.0 Å². The molecule has 10 heteroatoms. The summed E-state index contributed by atoms with van der Waals surface area (Å²) < 4.78 is 26.9. The molecule has 3 aromatic rings. The molecule has 0 spiro atoms. The lowest BCUT2D eigenvalue weighted by molar-refractivity contribution is 0.178. The highest BCUT2D eigenvalue weighted by Crippen LogP contribution is 2.41. The number of benzene rings is 1. The summed E-state index contributed by atoms with van der Waals surface area (Å²) in [6.07, 6.45) is 3.35. The van der Waals surface area contributed by atoms with Crippen LogP contribution in [0.15, 0.2) is 24.5 Å². The van der Waals surface area contributed by atoms with Gasteiger partial charge in [-0.05, 0) is 18.6 Å². The number of aromatic amines is 1. The summed E-state index contributed by atoms with van der Waals surface area (Å²) in [4.78, 5) is 24.2. The average molecular weight is 414 g/mol. The number of nitrogens with one attached hydrogen (secondary N) is 2. The lowest BCUT2D eigenvalue weighted by Gasteiger charge is -2.14. The Morgan fingerprint density at radius 3 is 2.57 bits per heavy atom. The maximum absolute atomic E-state index is 12.2. The highest BCUT2D eigenvalue weighted by molar-refractivity contribution is 5.84. The molecule has 1 fully saturated rings. The minimum Gasteiger partial charge on any atom is -0.493 e. The molecule has 1 aliphatic heterocycles. The molecule has 2 N–H and O–H groups in total. The number of rotatable bonds is 6. The van der Waals surface area contributed by atoms with Crippen molar-refractivity contribution in [3.8, 4) is 34.3 Å². The number of H-pyrrole nitrogens is 1. The van der Waals surface area contributed by atoms with Crippen LogP contribution < -0.4 is 24.3 Å². The predicted molar refractivity (Wildman–Crippen MR) is 107 cm³/mol. The lowest BCUT2D eigenvalue weighted by atomic mass is 10.1. The SMILES string of the molecule is COc1cc(-c2cnc3[nH]cc(OC(=O)NC4CCOC4)c3n2)cc(OC)c1OC. The first-order valence-electron chi connectivity index (χ1n) is 9.33. The molecule has 1 aromatic carbocycles. The predicted octanol–water partition coefficient (Wildman–Crippen LogP) is 2.53. The van der Waals surface area contributed by atoms with Crippen LogP contribution in [0.25, 0.3) is 22.4 Å². The molecule has 10 nitrogen and oxygen atoms in total. The highest BCUT2D eigenvalue weighted by atomic mass is 16.6. The van der Waals surface area contributed by atoms with Gasteiger partial charge in [0.2, 0.25) is 5.75 Å². The zero-order valence-corrected chi connectivity index (χ0v) is 16.9. The molecule has 0 aliphatic carbocycles. The van der Waals surface area contributed by atoms with E-state index in [9.17, 15) is 4.79 Å². The number of fused-ring (bicyclic) bond motifs is 1. The van der Waals surface area contributed by atoms with E-state index in [4.69, 9.17) is 23.7 Å². The van der Waals surface area contributed by atoms with Crippen LogP contribution in [-0.2, 0) is 4.74 Å².